The summed E-state index contributed by atoms with van der Waals surface area (Å²) >= 11 is 0. The maximum atomic E-state index is 12.5. The number of imidazole rings is 1. The normalized spacial score (nSPS) is 13.2. The fourth-order valence-corrected chi connectivity index (χ4v) is 2.57. The van der Waals surface area contributed by atoms with Crippen molar-refractivity contribution in [3.05, 3.63) is 70.4 Å². The summed E-state index contributed by atoms with van der Waals surface area (Å²) in [5.41, 5.74) is 3.00. The third kappa shape index (κ3) is 1.83. The van der Waals surface area contributed by atoms with Crippen LogP contribution in [0.5, 0.6) is 0 Å². The summed E-state index contributed by atoms with van der Waals surface area (Å²) in [6, 6.07) is 9.61. The Hall–Kier alpha value is -2.95. The van der Waals surface area contributed by atoms with Gasteiger partial charge in [0.1, 0.15) is 0 Å². The fourth-order valence-electron chi connectivity index (χ4n) is 2.57. The number of hydrogen-bond donors (Lipinski definition) is 1. The molecule has 5 heteroatoms. The molecular formula is C17H14N4O. The Morgan fingerprint density at radius 2 is 2.00 bits per heavy atom. The number of aromatic amines is 1. The van der Waals surface area contributed by atoms with Gasteiger partial charge in [-0.25, -0.2) is 9.50 Å². The highest BCUT2D eigenvalue weighted by Gasteiger charge is 2.18. The first-order valence-electron chi connectivity index (χ1n) is 7.24. The summed E-state index contributed by atoms with van der Waals surface area (Å²) in [6.07, 6.45) is 6.59. The van der Waals surface area contributed by atoms with Crippen LogP contribution in [0, 0.1) is 0 Å². The molecule has 1 aliphatic carbocycles. The summed E-state index contributed by atoms with van der Waals surface area (Å²) in [6.45, 7) is 1.99. The molecule has 0 saturated heterocycles. The Kier molecular flexibility index (Phi) is 2.79. The van der Waals surface area contributed by atoms with E-state index >= 15 is 0 Å². The molecule has 0 bridgehead atoms. The molecule has 0 saturated carbocycles. The van der Waals surface area contributed by atoms with E-state index in [0.29, 0.717) is 17.8 Å². The van der Waals surface area contributed by atoms with Gasteiger partial charge in [0.15, 0.2) is 17.2 Å². The smallest absolute Gasteiger partial charge is 0.277 e. The summed E-state index contributed by atoms with van der Waals surface area (Å²) in [7, 11) is 0. The fraction of sp³-hybridized carbons (Fsp3) is 0.118. The van der Waals surface area contributed by atoms with Crippen molar-refractivity contribution < 1.29 is 0 Å². The number of allylic oxidation sites excluding steroid dienone is 4. The highest BCUT2D eigenvalue weighted by molar-refractivity contribution is 5.79. The van der Waals surface area contributed by atoms with Gasteiger partial charge in [0.05, 0.1) is 5.69 Å². The minimum Gasteiger partial charge on any atom is -0.303 e. The molecule has 22 heavy (non-hydrogen) atoms. The number of rotatable bonds is 3. The molecule has 0 spiro atoms. The van der Waals surface area contributed by atoms with Crippen molar-refractivity contribution in [2.75, 3.05) is 0 Å². The van der Waals surface area contributed by atoms with E-state index in [1.165, 1.54) is 0 Å². The summed E-state index contributed by atoms with van der Waals surface area (Å²) in [5.74, 6) is 1.26. The SMILES string of the molecule is CCc1nc(C2=CC=C2)n2nc(-c3ccccc3)[nH]c(=O)c12. The van der Waals surface area contributed by atoms with E-state index in [0.717, 1.165) is 22.7 Å². The average Bonchev–Trinajstić information content (AvgIpc) is 2.86. The number of hydrogen-bond acceptors (Lipinski definition) is 3. The van der Waals surface area contributed by atoms with Crippen LogP contribution in [-0.2, 0) is 6.42 Å². The predicted octanol–water partition coefficient (Wildman–Crippen LogP) is 2.60. The maximum absolute atomic E-state index is 12.5. The number of benzene rings is 1. The predicted molar refractivity (Wildman–Crippen MR) is 85.5 cm³/mol. The molecular weight excluding hydrogens is 276 g/mol. The highest BCUT2D eigenvalue weighted by atomic mass is 16.1. The maximum Gasteiger partial charge on any atom is 0.277 e. The largest absolute Gasteiger partial charge is 0.303 e. The third-order valence-corrected chi connectivity index (χ3v) is 3.77. The summed E-state index contributed by atoms with van der Waals surface area (Å²) in [5, 5.41) is 4.60. The van der Waals surface area contributed by atoms with Gasteiger partial charge in [0, 0.05) is 11.1 Å². The first kappa shape index (κ1) is 12.8. The number of nitrogens with one attached hydrogen (secondary N) is 1. The zero-order valence-electron chi connectivity index (χ0n) is 12.1. The quantitative estimate of drug-likeness (QED) is 0.806. The van der Waals surface area contributed by atoms with Gasteiger partial charge in [-0.1, -0.05) is 55.5 Å². The van der Waals surface area contributed by atoms with Gasteiger partial charge in [-0.15, -0.1) is 5.10 Å². The van der Waals surface area contributed by atoms with Gasteiger partial charge in [-0.05, 0) is 6.42 Å². The van der Waals surface area contributed by atoms with Crippen LogP contribution in [0.15, 0.2) is 53.4 Å². The Morgan fingerprint density at radius 3 is 2.64 bits per heavy atom. The van der Waals surface area contributed by atoms with Crippen molar-refractivity contribution in [3.8, 4) is 11.4 Å². The van der Waals surface area contributed by atoms with Crippen LogP contribution in [0.3, 0.4) is 0 Å². The molecule has 2 heterocycles. The van der Waals surface area contributed by atoms with Crippen LogP contribution in [-0.4, -0.2) is 19.6 Å². The van der Waals surface area contributed by atoms with Gasteiger partial charge in [0.25, 0.3) is 5.56 Å². The van der Waals surface area contributed by atoms with E-state index in [1.54, 1.807) is 4.52 Å². The highest BCUT2D eigenvalue weighted by Crippen LogP contribution is 2.23. The zero-order chi connectivity index (χ0) is 15.1. The zero-order valence-corrected chi connectivity index (χ0v) is 12.1. The number of aromatic nitrogens is 4. The van der Waals surface area contributed by atoms with Crippen LogP contribution >= 0.6 is 0 Å². The molecule has 0 atom stereocenters. The molecule has 5 nitrogen and oxygen atoms in total. The molecule has 0 radical (unpaired) electrons. The first-order valence-corrected chi connectivity index (χ1v) is 7.24. The Morgan fingerprint density at radius 1 is 1.23 bits per heavy atom. The molecule has 0 amide bonds. The van der Waals surface area contributed by atoms with Gasteiger partial charge in [0.2, 0.25) is 0 Å². The first-order chi connectivity index (χ1) is 10.8. The van der Waals surface area contributed by atoms with E-state index in [2.05, 4.69) is 15.1 Å². The van der Waals surface area contributed by atoms with Gasteiger partial charge in [-0.2, -0.15) is 0 Å². The van der Waals surface area contributed by atoms with E-state index in [4.69, 9.17) is 0 Å². The Balaban J connectivity index is 2.02. The molecule has 0 aliphatic heterocycles. The van der Waals surface area contributed by atoms with E-state index in [1.807, 2.05) is 55.5 Å². The second-order valence-corrected chi connectivity index (χ2v) is 5.15. The lowest BCUT2D eigenvalue weighted by Gasteiger charge is -2.07. The van der Waals surface area contributed by atoms with Crippen molar-refractivity contribution in [1.29, 1.82) is 0 Å². The van der Waals surface area contributed by atoms with Crippen molar-refractivity contribution in [1.82, 2.24) is 19.6 Å². The standard InChI is InChI=1S/C17H14N4O/c1-2-13-14-17(22)19-15(11-7-4-3-5-8-11)20-21(14)16(18-13)12-9-6-10-12/h3-10H,2H2,1H3,(H,19,20,22). The number of aryl methyl sites for hydroxylation is 1. The molecule has 1 aliphatic rings. The summed E-state index contributed by atoms with van der Waals surface area (Å²) < 4.78 is 1.66. The second-order valence-electron chi connectivity index (χ2n) is 5.15. The second kappa shape index (κ2) is 4.80. The molecule has 1 aromatic carbocycles. The average molecular weight is 290 g/mol. The topological polar surface area (TPSA) is 63.1 Å². The Labute approximate surface area is 126 Å². The van der Waals surface area contributed by atoms with Crippen LogP contribution in [0.25, 0.3) is 22.5 Å². The lowest BCUT2D eigenvalue weighted by molar-refractivity contribution is 0.874. The molecule has 0 fully saturated rings. The van der Waals surface area contributed by atoms with Gasteiger partial charge in [-0.3, -0.25) is 4.79 Å². The number of H-pyrrole nitrogens is 1. The number of fused-ring (bicyclic) bond motifs is 1. The summed E-state index contributed by atoms with van der Waals surface area (Å²) in [4.78, 5) is 20.0. The molecule has 4 rings (SSSR count). The van der Waals surface area contributed by atoms with Crippen molar-refractivity contribution in [3.63, 3.8) is 0 Å². The van der Waals surface area contributed by atoms with Crippen molar-refractivity contribution in [2.45, 2.75) is 13.3 Å². The minimum atomic E-state index is -0.159. The lowest BCUT2D eigenvalue weighted by atomic mass is 10.1. The monoisotopic (exact) mass is 290 g/mol. The van der Waals surface area contributed by atoms with Crippen LogP contribution in [0.2, 0.25) is 0 Å². The molecule has 108 valence electrons. The van der Waals surface area contributed by atoms with Gasteiger partial charge >= 0.3 is 0 Å². The van der Waals surface area contributed by atoms with E-state index in [-0.39, 0.29) is 5.56 Å². The molecule has 1 N–H and O–H groups in total. The van der Waals surface area contributed by atoms with Crippen LogP contribution in [0.1, 0.15) is 18.4 Å². The third-order valence-electron chi connectivity index (χ3n) is 3.77. The molecule has 2 aromatic heterocycles. The van der Waals surface area contributed by atoms with Crippen LogP contribution < -0.4 is 5.56 Å². The van der Waals surface area contributed by atoms with E-state index in [9.17, 15) is 4.79 Å². The lowest BCUT2D eigenvalue weighted by Crippen LogP contribution is -2.15. The minimum absolute atomic E-state index is 0.159. The molecule has 0 unspecified atom stereocenters. The van der Waals surface area contributed by atoms with Crippen LogP contribution in [0.4, 0.5) is 0 Å². The molecule has 3 aromatic rings. The van der Waals surface area contributed by atoms with Gasteiger partial charge < -0.3 is 4.98 Å². The van der Waals surface area contributed by atoms with Crippen molar-refractivity contribution >= 4 is 11.1 Å². The number of nitrogens with zero attached hydrogens (tertiary/aromatic N) is 3. The van der Waals surface area contributed by atoms with E-state index < -0.39 is 0 Å². The van der Waals surface area contributed by atoms with Crippen molar-refractivity contribution in [2.24, 2.45) is 0 Å². The Bertz CT molecular complexity index is 977.